The number of hydrogen-bond donors (Lipinski definition) is 2. The maximum absolute atomic E-state index is 12.8. The second-order valence-corrected chi connectivity index (χ2v) is 5.82. The molecule has 0 radical (unpaired) electrons. The summed E-state index contributed by atoms with van der Waals surface area (Å²) in [7, 11) is 0. The summed E-state index contributed by atoms with van der Waals surface area (Å²) in [5, 5.41) is 16.7. The Kier molecular flexibility index (Phi) is 2.37. The van der Waals surface area contributed by atoms with Crippen LogP contribution in [-0.2, 0) is 0 Å². The number of carbonyl (C=O) groups is 1. The number of carbonyl (C=O) groups excluding carboxylic acids is 1. The molecule has 0 saturated heterocycles. The van der Waals surface area contributed by atoms with Crippen molar-refractivity contribution in [1.29, 1.82) is 5.26 Å². The van der Waals surface area contributed by atoms with E-state index in [1.165, 1.54) is 0 Å². The summed E-state index contributed by atoms with van der Waals surface area (Å²) in [6.45, 7) is 0. The molecule has 0 bridgehead atoms. The number of aromatic nitrogens is 3. The van der Waals surface area contributed by atoms with E-state index in [1.54, 1.807) is 18.3 Å². The Morgan fingerprint density at radius 3 is 2.75 bits per heavy atom. The Morgan fingerprint density at radius 2 is 1.96 bits per heavy atom. The molecule has 24 heavy (non-hydrogen) atoms. The number of benzene rings is 2. The molecule has 0 unspecified atom stereocenters. The van der Waals surface area contributed by atoms with Gasteiger partial charge in [0.05, 0.1) is 29.1 Å². The maximum Gasteiger partial charge on any atom is 0.196 e. The van der Waals surface area contributed by atoms with Gasteiger partial charge >= 0.3 is 0 Å². The molecule has 5 heteroatoms. The van der Waals surface area contributed by atoms with Gasteiger partial charge in [-0.1, -0.05) is 12.1 Å². The average molecular weight is 310 g/mol. The van der Waals surface area contributed by atoms with Crippen LogP contribution in [0.2, 0.25) is 0 Å². The molecule has 5 rings (SSSR count). The Morgan fingerprint density at radius 1 is 1.04 bits per heavy atom. The number of nitrogens with zero attached hydrogens (tertiary/aromatic N) is 2. The molecule has 0 amide bonds. The smallest absolute Gasteiger partial charge is 0.196 e. The van der Waals surface area contributed by atoms with Crippen molar-refractivity contribution < 1.29 is 4.79 Å². The summed E-state index contributed by atoms with van der Waals surface area (Å²) in [6.07, 6.45) is 3.58. The highest BCUT2D eigenvalue weighted by Gasteiger charge is 2.31. The number of hydrogen-bond acceptors (Lipinski definition) is 3. The van der Waals surface area contributed by atoms with Gasteiger partial charge in [0, 0.05) is 33.8 Å². The van der Waals surface area contributed by atoms with E-state index < -0.39 is 0 Å². The Hall–Kier alpha value is -3.65. The molecular weight excluding hydrogens is 300 g/mol. The first kappa shape index (κ1) is 12.9. The van der Waals surface area contributed by atoms with Crippen molar-refractivity contribution in [2.24, 2.45) is 0 Å². The molecule has 2 aromatic carbocycles. The van der Waals surface area contributed by atoms with Crippen LogP contribution < -0.4 is 0 Å². The highest BCUT2D eigenvalue weighted by Crippen LogP contribution is 2.42. The minimum atomic E-state index is 0.0229. The number of nitrogens with one attached hydrogen (secondary N) is 2. The van der Waals surface area contributed by atoms with Gasteiger partial charge in [-0.05, 0) is 29.8 Å². The van der Waals surface area contributed by atoms with E-state index in [9.17, 15) is 4.79 Å². The zero-order valence-corrected chi connectivity index (χ0v) is 12.4. The first-order chi connectivity index (χ1) is 11.8. The maximum atomic E-state index is 12.8. The fraction of sp³-hybridized carbons (Fsp3) is 0. The van der Waals surface area contributed by atoms with E-state index in [-0.39, 0.29) is 5.78 Å². The molecule has 1 aliphatic carbocycles. The molecule has 0 atom stereocenters. The van der Waals surface area contributed by atoms with E-state index in [0.29, 0.717) is 16.7 Å². The Balaban J connectivity index is 1.78. The molecule has 0 aliphatic heterocycles. The Labute approximate surface area is 136 Å². The van der Waals surface area contributed by atoms with Crippen molar-refractivity contribution in [3.63, 3.8) is 0 Å². The van der Waals surface area contributed by atoms with E-state index >= 15 is 0 Å². The van der Waals surface area contributed by atoms with Crippen LogP contribution in [0.4, 0.5) is 0 Å². The molecule has 1 aliphatic rings. The van der Waals surface area contributed by atoms with Crippen LogP contribution in [0.25, 0.3) is 33.3 Å². The van der Waals surface area contributed by atoms with Crippen molar-refractivity contribution in [3.8, 4) is 28.5 Å². The van der Waals surface area contributed by atoms with Crippen molar-refractivity contribution in [1.82, 2.24) is 15.2 Å². The molecule has 112 valence electrons. The summed E-state index contributed by atoms with van der Waals surface area (Å²) in [5.41, 5.74) is 6.47. The van der Waals surface area contributed by atoms with Gasteiger partial charge in [0.1, 0.15) is 0 Å². The van der Waals surface area contributed by atoms with Crippen LogP contribution in [0.3, 0.4) is 0 Å². The van der Waals surface area contributed by atoms with Gasteiger partial charge in [0.25, 0.3) is 0 Å². The van der Waals surface area contributed by atoms with E-state index in [1.807, 2.05) is 30.5 Å². The van der Waals surface area contributed by atoms with Crippen LogP contribution in [0.15, 0.2) is 48.8 Å². The summed E-state index contributed by atoms with van der Waals surface area (Å²) < 4.78 is 0. The normalized spacial score (nSPS) is 12.2. The fourth-order valence-corrected chi connectivity index (χ4v) is 3.38. The van der Waals surface area contributed by atoms with E-state index in [4.69, 9.17) is 5.26 Å². The van der Waals surface area contributed by atoms with Crippen LogP contribution in [0.5, 0.6) is 0 Å². The van der Waals surface area contributed by atoms with Gasteiger partial charge < -0.3 is 4.98 Å². The lowest BCUT2D eigenvalue weighted by atomic mass is 10.0. The lowest BCUT2D eigenvalue weighted by Crippen LogP contribution is -1.95. The monoisotopic (exact) mass is 310 g/mol. The largest absolute Gasteiger partial charge is 0.354 e. The van der Waals surface area contributed by atoms with Crippen LogP contribution in [-0.4, -0.2) is 21.0 Å². The summed E-state index contributed by atoms with van der Waals surface area (Å²) in [4.78, 5) is 16.1. The first-order valence-electron chi connectivity index (χ1n) is 7.50. The van der Waals surface area contributed by atoms with Gasteiger partial charge in [-0.15, -0.1) is 0 Å². The number of rotatable bonds is 1. The molecule has 0 spiro atoms. The zero-order valence-electron chi connectivity index (χ0n) is 12.4. The van der Waals surface area contributed by atoms with Crippen LogP contribution in [0.1, 0.15) is 21.5 Å². The van der Waals surface area contributed by atoms with Gasteiger partial charge in [0.2, 0.25) is 0 Å². The molecule has 0 fully saturated rings. The van der Waals surface area contributed by atoms with Crippen molar-refractivity contribution in [2.45, 2.75) is 0 Å². The zero-order chi connectivity index (χ0) is 16.3. The predicted octanol–water partition coefficient (Wildman–Crippen LogP) is 3.64. The van der Waals surface area contributed by atoms with E-state index in [2.05, 4.69) is 21.3 Å². The molecule has 2 aromatic heterocycles. The molecule has 2 heterocycles. The van der Waals surface area contributed by atoms with Crippen LogP contribution in [0, 0.1) is 11.3 Å². The average Bonchev–Trinajstić information content (AvgIpc) is 3.32. The second-order valence-electron chi connectivity index (χ2n) is 5.82. The topological polar surface area (TPSA) is 85.3 Å². The number of nitriles is 1. The third kappa shape index (κ3) is 1.57. The molecule has 5 nitrogen and oxygen atoms in total. The first-order valence-corrected chi connectivity index (χ1v) is 7.50. The van der Waals surface area contributed by atoms with Gasteiger partial charge in [0.15, 0.2) is 5.78 Å². The SMILES string of the molecule is N#Cc1ccc2c3c([nH]c2c1)-c1cc(-c2cn[nH]c2)ccc1C3=O. The molecule has 4 aromatic rings. The predicted molar refractivity (Wildman–Crippen MR) is 89.5 cm³/mol. The third-order valence-corrected chi connectivity index (χ3v) is 4.52. The fourth-order valence-electron chi connectivity index (χ4n) is 3.38. The van der Waals surface area contributed by atoms with E-state index in [0.717, 1.165) is 33.3 Å². The molecule has 0 saturated carbocycles. The summed E-state index contributed by atoms with van der Waals surface area (Å²) >= 11 is 0. The minimum absolute atomic E-state index is 0.0229. The highest BCUT2D eigenvalue weighted by molar-refractivity contribution is 6.27. The summed E-state index contributed by atoms with van der Waals surface area (Å²) in [6, 6.07) is 13.3. The van der Waals surface area contributed by atoms with Gasteiger partial charge in [-0.25, -0.2) is 0 Å². The molecular formula is C19H10N4O. The standard InChI is InChI=1S/C19H10N4O/c20-7-10-1-3-14-16(5-10)23-18-15-6-11(12-8-21-22-9-12)2-4-13(15)19(24)17(14)18/h1-6,8-9,23H,(H,21,22). The third-order valence-electron chi connectivity index (χ3n) is 4.52. The highest BCUT2D eigenvalue weighted by atomic mass is 16.1. The number of aromatic amines is 2. The minimum Gasteiger partial charge on any atom is -0.354 e. The van der Waals surface area contributed by atoms with Crippen molar-refractivity contribution in [3.05, 3.63) is 65.5 Å². The number of ketones is 1. The van der Waals surface area contributed by atoms with Gasteiger partial charge in [-0.3, -0.25) is 9.89 Å². The van der Waals surface area contributed by atoms with Crippen LogP contribution >= 0.6 is 0 Å². The summed E-state index contributed by atoms with van der Waals surface area (Å²) in [5.74, 6) is 0.0229. The molecule has 2 N–H and O–H groups in total. The number of fused-ring (bicyclic) bond motifs is 5. The quantitative estimate of drug-likeness (QED) is 0.495. The van der Waals surface area contributed by atoms with Crippen molar-refractivity contribution >= 4 is 16.7 Å². The second kappa shape index (κ2) is 4.43. The Bertz CT molecular complexity index is 1180. The lowest BCUT2D eigenvalue weighted by molar-refractivity contribution is 0.104. The number of H-pyrrole nitrogens is 2. The van der Waals surface area contributed by atoms with Gasteiger partial charge in [-0.2, -0.15) is 10.4 Å². The lowest BCUT2D eigenvalue weighted by Gasteiger charge is -2.03. The van der Waals surface area contributed by atoms with Crippen molar-refractivity contribution in [2.75, 3.05) is 0 Å².